The second kappa shape index (κ2) is 9.96. The van der Waals surface area contributed by atoms with Crippen LogP contribution in [0.3, 0.4) is 0 Å². The van der Waals surface area contributed by atoms with Crippen LogP contribution < -0.4 is 9.47 Å². The summed E-state index contributed by atoms with van der Waals surface area (Å²) >= 11 is 1.57. The van der Waals surface area contributed by atoms with Crippen LogP contribution in [0.5, 0.6) is 11.5 Å². The van der Waals surface area contributed by atoms with Crippen LogP contribution in [-0.2, 0) is 11.3 Å². The molecule has 8 atom stereocenters. The molecule has 4 fully saturated rings. The van der Waals surface area contributed by atoms with Crippen LogP contribution in [0.15, 0.2) is 54.1 Å². The number of methoxy groups -OCH3 is 2. The molecule has 3 spiro atoms. The number of carbonyl (C=O) groups excluding carboxylic acids is 2. The van der Waals surface area contributed by atoms with Crippen LogP contribution in [0, 0.1) is 40.4 Å². The number of thiophene rings is 1. The normalized spacial score (nSPS) is 40.3. The smallest absolute Gasteiger partial charge is 0.410 e. The number of Topliss-reactive ketones (excluding diaryl/α,β-unsaturated/α-hetero) is 1. The van der Waals surface area contributed by atoms with Crippen molar-refractivity contribution in [3.8, 4) is 11.5 Å². The van der Waals surface area contributed by atoms with E-state index in [2.05, 4.69) is 39.0 Å². The lowest BCUT2D eigenvalue weighted by atomic mass is 9.32. The molecule has 1 saturated heterocycles. The minimum Gasteiger partial charge on any atom is -0.497 e. The zero-order valence-electron chi connectivity index (χ0n) is 27.6. The molecule has 7 nitrogen and oxygen atoms in total. The first-order chi connectivity index (χ1) is 21.9. The molecule has 9 rings (SSSR count). The number of aliphatic hydroxyl groups is 1. The predicted octanol–water partition coefficient (Wildman–Crippen LogP) is 7.51. The first-order valence-corrected chi connectivity index (χ1v) is 17.7. The van der Waals surface area contributed by atoms with Crippen molar-refractivity contribution in [1.82, 2.24) is 4.90 Å². The largest absolute Gasteiger partial charge is 0.497 e. The molecule has 0 radical (unpaired) electrons. The third kappa shape index (κ3) is 3.74. The highest BCUT2D eigenvalue weighted by molar-refractivity contribution is 7.14. The Labute approximate surface area is 275 Å². The van der Waals surface area contributed by atoms with E-state index < -0.39 is 11.0 Å². The molecular weight excluding hydrogens is 598 g/mol. The monoisotopic (exact) mass is 643 g/mol. The zero-order chi connectivity index (χ0) is 32.3. The average molecular weight is 644 g/mol. The minimum absolute atomic E-state index is 0.0451. The molecule has 1 aromatic heterocycles. The number of rotatable bonds is 6. The van der Waals surface area contributed by atoms with Gasteiger partial charge in [0.05, 0.1) is 38.3 Å². The first kappa shape index (κ1) is 30.2. The molecule has 6 aliphatic carbocycles. The van der Waals surface area contributed by atoms with E-state index in [1.54, 1.807) is 25.6 Å². The maximum atomic E-state index is 14.7. The number of ether oxygens (including phenoxy) is 3. The summed E-state index contributed by atoms with van der Waals surface area (Å²) in [4.78, 5) is 32.1. The van der Waals surface area contributed by atoms with Gasteiger partial charge >= 0.3 is 6.09 Å². The van der Waals surface area contributed by atoms with Gasteiger partial charge in [0.1, 0.15) is 17.1 Å². The molecule has 1 aliphatic heterocycles. The van der Waals surface area contributed by atoms with E-state index in [0.29, 0.717) is 31.0 Å². The van der Waals surface area contributed by atoms with Gasteiger partial charge in [0.2, 0.25) is 0 Å². The van der Waals surface area contributed by atoms with Crippen LogP contribution in [0.2, 0.25) is 0 Å². The summed E-state index contributed by atoms with van der Waals surface area (Å²) in [6.07, 6.45) is 12.4. The number of aryl methyl sites for hydroxylation is 1. The van der Waals surface area contributed by atoms with Crippen molar-refractivity contribution in [3.05, 3.63) is 69.5 Å². The molecule has 3 saturated carbocycles. The summed E-state index contributed by atoms with van der Waals surface area (Å²) < 4.78 is 17.6. The Morgan fingerprint density at radius 3 is 2.52 bits per heavy atom. The van der Waals surface area contributed by atoms with E-state index in [9.17, 15) is 14.7 Å². The number of hydrogen-bond acceptors (Lipinski definition) is 7. The van der Waals surface area contributed by atoms with Crippen LogP contribution >= 0.6 is 11.3 Å². The number of ketones is 1. The van der Waals surface area contributed by atoms with Crippen LogP contribution in [-0.4, -0.2) is 54.4 Å². The van der Waals surface area contributed by atoms with E-state index in [-0.39, 0.29) is 46.1 Å². The number of fused-ring (bicyclic) bond motifs is 2. The third-order valence-electron chi connectivity index (χ3n) is 13.7. The molecule has 2 bridgehead atoms. The van der Waals surface area contributed by atoms with Gasteiger partial charge in [0.25, 0.3) is 0 Å². The molecule has 1 amide bonds. The highest BCUT2D eigenvalue weighted by atomic mass is 32.1. The summed E-state index contributed by atoms with van der Waals surface area (Å²) in [6, 6.07) is 9.72. The number of nitrogens with zero attached hydrogens (tertiary/aromatic N) is 1. The van der Waals surface area contributed by atoms with Crippen molar-refractivity contribution in [3.63, 3.8) is 0 Å². The lowest BCUT2D eigenvalue weighted by Gasteiger charge is -2.71. The fraction of sp³-hybridized carbons (Fsp3) is 0.579. The molecule has 7 aliphatic rings. The number of carbonyl (C=O) groups is 2. The van der Waals surface area contributed by atoms with Crippen molar-refractivity contribution in [1.29, 1.82) is 0 Å². The molecule has 8 heteroatoms. The number of allylic oxidation sites excluding steroid dienone is 4. The van der Waals surface area contributed by atoms with Crippen LogP contribution in [0.4, 0.5) is 4.79 Å². The average Bonchev–Trinajstić information content (AvgIpc) is 3.71. The summed E-state index contributed by atoms with van der Waals surface area (Å²) in [7, 11) is 3.26. The van der Waals surface area contributed by atoms with E-state index in [1.807, 2.05) is 35.2 Å². The van der Waals surface area contributed by atoms with Crippen molar-refractivity contribution in [2.75, 3.05) is 20.8 Å². The summed E-state index contributed by atoms with van der Waals surface area (Å²) in [5.41, 5.74) is 0.0742. The topological polar surface area (TPSA) is 85.3 Å². The van der Waals surface area contributed by atoms with Gasteiger partial charge in [0, 0.05) is 38.3 Å². The molecule has 244 valence electrons. The lowest BCUT2D eigenvalue weighted by Crippen LogP contribution is -2.67. The SMILES string of the molecule is COc1ccc(CN2CC3(CCC4C56C=CC7(C=C5C(=O)c5ccc(C)s5)CC(O)CCC7(C)C6CCC43C)OC2=O)c(OC)c1. The molecule has 1 N–H and O–H groups in total. The number of amides is 1. The van der Waals surface area contributed by atoms with Gasteiger partial charge in [-0.25, -0.2) is 4.79 Å². The lowest BCUT2D eigenvalue weighted by molar-refractivity contribution is -0.164. The Balaban J connectivity index is 1.19. The number of benzene rings is 1. The Morgan fingerprint density at radius 1 is 1.02 bits per heavy atom. The van der Waals surface area contributed by atoms with Crippen molar-refractivity contribution >= 4 is 23.2 Å². The van der Waals surface area contributed by atoms with Gasteiger partial charge in [-0.3, -0.25) is 9.69 Å². The second-order valence-electron chi connectivity index (χ2n) is 15.4. The fourth-order valence-corrected chi connectivity index (χ4v) is 12.2. The maximum absolute atomic E-state index is 14.7. The van der Waals surface area contributed by atoms with E-state index in [0.717, 1.165) is 59.4 Å². The fourth-order valence-electron chi connectivity index (χ4n) is 11.4. The summed E-state index contributed by atoms with van der Waals surface area (Å²) in [5.74, 6) is 1.96. The Kier molecular flexibility index (Phi) is 6.55. The predicted molar refractivity (Wildman–Crippen MR) is 176 cm³/mol. The van der Waals surface area contributed by atoms with Crippen LogP contribution in [0.1, 0.15) is 78.9 Å². The maximum Gasteiger partial charge on any atom is 0.410 e. The number of hydrogen-bond donors (Lipinski definition) is 1. The van der Waals surface area contributed by atoms with Gasteiger partial charge < -0.3 is 19.3 Å². The van der Waals surface area contributed by atoms with Gasteiger partial charge in [-0.15, -0.1) is 11.3 Å². The highest BCUT2D eigenvalue weighted by Gasteiger charge is 2.76. The van der Waals surface area contributed by atoms with Crippen LogP contribution in [0.25, 0.3) is 0 Å². The first-order valence-electron chi connectivity index (χ1n) is 16.9. The second-order valence-corrected chi connectivity index (χ2v) is 16.7. The van der Waals surface area contributed by atoms with Crippen molar-refractivity contribution in [2.45, 2.75) is 84.0 Å². The Hall–Kier alpha value is -3.10. The zero-order valence-corrected chi connectivity index (χ0v) is 28.4. The van der Waals surface area contributed by atoms with Gasteiger partial charge in [-0.2, -0.15) is 0 Å². The third-order valence-corrected chi connectivity index (χ3v) is 14.7. The van der Waals surface area contributed by atoms with Crippen molar-refractivity contribution in [2.24, 2.45) is 33.5 Å². The highest BCUT2D eigenvalue weighted by Crippen LogP contribution is 2.79. The molecule has 8 unspecified atom stereocenters. The molecule has 1 aromatic carbocycles. The molecule has 46 heavy (non-hydrogen) atoms. The summed E-state index contributed by atoms with van der Waals surface area (Å²) in [5, 5.41) is 10.9. The van der Waals surface area contributed by atoms with Gasteiger partial charge in [0.15, 0.2) is 5.78 Å². The van der Waals surface area contributed by atoms with E-state index in [1.165, 1.54) is 0 Å². The van der Waals surface area contributed by atoms with E-state index in [4.69, 9.17) is 14.2 Å². The number of aliphatic hydroxyl groups excluding tert-OH is 1. The standard InChI is InChI=1S/C38H45NO6S/c1-23-6-9-29(46-23)32(41)27-20-36-16-17-38(27)30(34(36,2)13-10-25(40)19-36)11-14-35(3)31(38)12-15-37(35)22-39(33(42)45-37)21-24-7-8-26(43-4)18-28(24)44-5/h6-9,16-18,20,25,30-31,40H,10-15,19,21-22H2,1-5H3. The molecule has 2 heterocycles. The Bertz CT molecular complexity index is 1700. The minimum atomic E-state index is -0.634. The molecule has 2 aromatic rings. The Morgan fingerprint density at radius 2 is 1.78 bits per heavy atom. The quantitative estimate of drug-likeness (QED) is 0.259. The van der Waals surface area contributed by atoms with E-state index >= 15 is 0 Å². The van der Waals surface area contributed by atoms with Gasteiger partial charge in [-0.05, 0) is 93.4 Å². The van der Waals surface area contributed by atoms with Gasteiger partial charge in [-0.1, -0.05) is 32.1 Å². The van der Waals surface area contributed by atoms with Crippen molar-refractivity contribution < 1.29 is 28.9 Å². The summed E-state index contributed by atoms with van der Waals surface area (Å²) in [6.45, 7) is 7.74. The molecular formula is C38H45NO6S.